The van der Waals surface area contributed by atoms with Gasteiger partial charge in [0, 0.05) is 30.9 Å². The Morgan fingerprint density at radius 1 is 1.34 bits per heavy atom. The first-order chi connectivity index (χ1) is 13.5. The lowest BCUT2D eigenvalue weighted by Gasteiger charge is -2.30. The minimum atomic E-state index is -4.45. The molecule has 0 saturated carbocycles. The average Bonchev–Trinajstić information content (AvgIpc) is 2.64. The summed E-state index contributed by atoms with van der Waals surface area (Å²) in [6, 6.07) is 1.58. The number of halogens is 3. The van der Waals surface area contributed by atoms with Crippen LogP contribution in [-0.2, 0) is 16.1 Å². The van der Waals surface area contributed by atoms with E-state index < -0.39 is 24.2 Å². The summed E-state index contributed by atoms with van der Waals surface area (Å²) in [4.78, 5) is 32.0. The maximum Gasteiger partial charge on any atom is 0.422 e. The zero-order valence-corrected chi connectivity index (χ0v) is 16.2. The molecule has 11 heteroatoms. The summed E-state index contributed by atoms with van der Waals surface area (Å²) in [6.45, 7) is 3.52. The topological polar surface area (TPSA) is 105 Å². The number of aromatic nitrogens is 1. The van der Waals surface area contributed by atoms with E-state index in [4.69, 9.17) is 0 Å². The fraction of sp³-hybridized carbons (Fsp3) is 0.444. The molecule has 0 aromatic carbocycles. The molecule has 158 valence electrons. The number of hydrogen-bond donors (Lipinski definition) is 3. The Balaban J connectivity index is 1.95. The number of carbonyl (C=O) groups is 2. The molecule has 2 amide bonds. The van der Waals surface area contributed by atoms with Gasteiger partial charge in [-0.25, -0.2) is 4.98 Å². The lowest BCUT2D eigenvalue weighted by molar-refractivity contribution is -0.154. The van der Waals surface area contributed by atoms with Crippen LogP contribution in [0.2, 0.25) is 0 Å². The van der Waals surface area contributed by atoms with Gasteiger partial charge in [0.2, 0.25) is 11.8 Å². The Morgan fingerprint density at radius 2 is 2.07 bits per heavy atom. The van der Waals surface area contributed by atoms with Gasteiger partial charge >= 0.3 is 6.18 Å². The van der Waals surface area contributed by atoms with Gasteiger partial charge in [-0.3, -0.25) is 14.6 Å². The largest absolute Gasteiger partial charge is 0.468 e. The quantitative estimate of drug-likeness (QED) is 0.631. The number of pyridine rings is 1. The molecular formula is C18H22F3N5O3. The number of amides is 2. The Labute approximate surface area is 165 Å². The van der Waals surface area contributed by atoms with Gasteiger partial charge in [0.15, 0.2) is 12.1 Å². The van der Waals surface area contributed by atoms with Gasteiger partial charge in [-0.1, -0.05) is 6.92 Å². The SMILES string of the molecule is CCC(=O)NC1=CN=CC(C)(C(=O)NCc2cnc(OCC(F)(F)F)c(C)c2)N1. The molecule has 0 radical (unpaired) electrons. The molecule has 1 atom stereocenters. The number of aryl methyl sites for hydroxylation is 1. The molecule has 3 N–H and O–H groups in total. The number of carbonyl (C=O) groups excluding carboxylic acids is 2. The van der Waals surface area contributed by atoms with Gasteiger partial charge in [0.05, 0.1) is 6.20 Å². The molecule has 29 heavy (non-hydrogen) atoms. The molecule has 1 aromatic rings. The van der Waals surface area contributed by atoms with Crippen LogP contribution in [-0.4, -0.2) is 41.3 Å². The maximum atomic E-state index is 12.6. The van der Waals surface area contributed by atoms with Crippen molar-refractivity contribution in [2.45, 2.75) is 45.5 Å². The first-order valence-electron chi connectivity index (χ1n) is 8.78. The Morgan fingerprint density at radius 3 is 2.69 bits per heavy atom. The van der Waals surface area contributed by atoms with Crippen molar-refractivity contribution in [3.63, 3.8) is 0 Å². The Bertz CT molecular complexity index is 839. The zero-order chi connectivity index (χ0) is 21.7. The molecule has 2 rings (SSSR count). The first-order valence-corrected chi connectivity index (χ1v) is 8.78. The fourth-order valence-electron chi connectivity index (χ4n) is 2.41. The smallest absolute Gasteiger partial charge is 0.422 e. The van der Waals surface area contributed by atoms with E-state index in [0.29, 0.717) is 16.9 Å². The van der Waals surface area contributed by atoms with E-state index in [-0.39, 0.29) is 24.8 Å². The molecule has 0 bridgehead atoms. The van der Waals surface area contributed by atoms with Gasteiger partial charge in [0.1, 0.15) is 5.82 Å². The molecule has 0 aliphatic carbocycles. The molecule has 1 aliphatic rings. The van der Waals surface area contributed by atoms with Crippen molar-refractivity contribution in [2.75, 3.05) is 6.61 Å². The van der Waals surface area contributed by atoms with E-state index in [9.17, 15) is 22.8 Å². The van der Waals surface area contributed by atoms with Crippen molar-refractivity contribution in [1.29, 1.82) is 0 Å². The van der Waals surface area contributed by atoms with Gasteiger partial charge in [-0.2, -0.15) is 13.2 Å². The van der Waals surface area contributed by atoms with E-state index in [2.05, 4.69) is 30.7 Å². The van der Waals surface area contributed by atoms with Crippen molar-refractivity contribution in [3.05, 3.63) is 35.4 Å². The predicted octanol–water partition coefficient (Wildman–Crippen LogP) is 1.71. The molecule has 0 saturated heterocycles. The van der Waals surface area contributed by atoms with Crippen LogP contribution in [0.15, 0.2) is 29.3 Å². The predicted molar refractivity (Wildman–Crippen MR) is 98.9 cm³/mol. The molecule has 0 spiro atoms. The third-order valence-corrected chi connectivity index (χ3v) is 3.91. The van der Waals surface area contributed by atoms with Crippen LogP contribution in [0.4, 0.5) is 13.2 Å². The summed E-state index contributed by atoms with van der Waals surface area (Å²) in [5, 5.41) is 8.22. The van der Waals surface area contributed by atoms with Crippen LogP contribution >= 0.6 is 0 Å². The van der Waals surface area contributed by atoms with Gasteiger partial charge < -0.3 is 20.7 Å². The monoisotopic (exact) mass is 413 g/mol. The first kappa shape index (κ1) is 22.2. The van der Waals surface area contributed by atoms with Crippen molar-refractivity contribution in [2.24, 2.45) is 4.99 Å². The second-order valence-corrected chi connectivity index (χ2v) is 6.60. The Kier molecular flexibility index (Phi) is 6.83. The van der Waals surface area contributed by atoms with Crippen LogP contribution in [0, 0.1) is 6.92 Å². The fourth-order valence-corrected chi connectivity index (χ4v) is 2.41. The third-order valence-electron chi connectivity index (χ3n) is 3.91. The molecular weight excluding hydrogens is 391 g/mol. The van der Waals surface area contributed by atoms with Crippen LogP contribution in [0.3, 0.4) is 0 Å². The number of ether oxygens (including phenoxy) is 1. The van der Waals surface area contributed by atoms with Gasteiger partial charge in [-0.05, 0) is 25.5 Å². The van der Waals surface area contributed by atoms with E-state index in [0.717, 1.165) is 0 Å². The van der Waals surface area contributed by atoms with Crippen LogP contribution in [0.25, 0.3) is 0 Å². The van der Waals surface area contributed by atoms with Gasteiger partial charge in [-0.15, -0.1) is 0 Å². The summed E-state index contributed by atoms with van der Waals surface area (Å²) in [5.41, 5.74) is -0.192. The highest BCUT2D eigenvalue weighted by molar-refractivity contribution is 6.03. The summed E-state index contributed by atoms with van der Waals surface area (Å²) in [7, 11) is 0. The molecule has 2 heterocycles. The number of alkyl halides is 3. The standard InChI is InChI=1S/C18H22F3N5O3/c1-4-14(27)25-13-8-22-9-17(3,26-13)16(28)24-7-12-5-11(2)15(23-6-12)29-10-18(19,20)21/h5-6,8-9,26H,4,7,10H2,1-3H3,(H,24,28)(H,25,27). The molecule has 1 aliphatic heterocycles. The van der Waals surface area contributed by atoms with Crippen molar-refractivity contribution in [1.82, 2.24) is 20.9 Å². The molecule has 1 aromatic heterocycles. The summed E-state index contributed by atoms with van der Waals surface area (Å²) >= 11 is 0. The normalized spacial score (nSPS) is 18.5. The lowest BCUT2D eigenvalue weighted by atomic mass is 10.0. The van der Waals surface area contributed by atoms with E-state index >= 15 is 0 Å². The molecule has 1 unspecified atom stereocenters. The summed E-state index contributed by atoms with van der Waals surface area (Å²) < 4.78 is 41.4. The Hall–Kier alpha value is -3.11. The highest BCUT2D eigenvalue weighted by atomic mass is 19.4. The number of aliphatic imine (C=N–C) groups is 1. The zero-order valence-electron chi connectivity index (χ0n) is 16.2. The number of nitrogens with zero attached hydrogens (tertiary/aromatic N) is 2. The highest BCUT2D eigenvalue weighted by Gasteiger charge is 2.34. The molecule has 0 fully saturated rings. The van der Waals surface area contributed by atoms with Crippen LogP contribution in [0.1, 0.15) is 31.4 Å². The van der Waals surface area contributed by atoms with Crippen molar-refractivity contribution >= 4 is 18.0 Å². The number of nitrogens with one attached hydrogen (secondary N) is 3. The average molecular weight is 413 g/mol. The minimum Gasteiger partial charge on any atom is -0.468 e. The van der Waals surface area contributed by atoms with Crippen LogP contribution < -0.4 is 20.7 Å². The van der Waals surface area contributed by atoms with Crippen molar-refractivity contribution < 1.29 is 27.5 Å². The maximum absolute atomic E-state index is 12.6. The third kappa shape index (κ3) is 6.47. The van der Waals surface area contributed by atoms with E-state index in [1.807, 2.05) is 0 Å². The lowest BCUT2D eigenvalue weighted by Crippen LogP contribution is -2.58. The molecule has 8 nitrogen and oxygen atoms in total. The second kappa shape index (κ2) is 8.93. The minimum absolute atomic E-state index is 0.0949. The second-order valence-electron chi connectivity index (χ2n) is 6.60. The summed E-state index contributed by atoms with van der Waals surface area (Å²) in [5.74, 6) is -0.446. The van der Waals surface area contributed by atoms with Crippen LogP contribution in [0.5, 0.6) is 5.88 Å². The highest BCUT2D eigenvalue weighted by Crippen LogP contribution is 2.20. The van der Waals surface area contributed by atoms with Gasteiger partial charge in [0.25, 0.3) is 5.91 Å². The summed E-state index contributed by atoms with van der Waals surface area (Å²) in [6.07, 6.45) is -0.0388. The number of hydrogen-bond acceptors (Lipinski definition) is 6. The van der Waals surface area contributed by atoms with Crippen molar-refractivity contribution in [3.8, 4) is 5.88 Å². The van der Waals surface area contributed by atoms with E-state index in [1.54, 1.807) is 26.8 Å². The number of rotatable bonds is 7. The van der Waals surface area contributed by atoms with E-state index in [1.165, 1.54) is 18.6 Å².